The van der Waals surface area contributed by atoms with Crippen LogP contribution in [-0.2, 0) is 10.8 Å². The molecule has 0 aliphatic heterocycles. The van der Waals surface area contributed by atoms with Crippen molar-refractivity contribution in [2.24, 2.45) is 23.7 Å². The Hall–Kier alpha value is -6.64. The lowest BCUT2D eigenvalue weighted by Crippen LogP contribution is -2.55. The van der Waals surface area contributed by atoms with Gasteiger partial charge >= 0.3 is 0 Å². The van der Waals surface area contributed by atoms with Crippen molar-refractivity contribution in [3.63, 3.8) is 0 Å². The van der Waals surface area contributed by atoms with Gasteiger partial charge in [0.05, 0.1) is 11.0 Å². The third-order valence-corrected chi connectivity index (χ3v) is 18.2. The van der Waals surface area contributed by atoms with Crippen molar-refractivity contribution in [1.29, 1.82) is 0 Å². The summed E-state index contributed by atoms with van der Waals surface area (Å²) < 4.78 is 2.43. The lowest BCUT2D eigenvalue weighted by molar-refractivity contribution is -0.0399. The molecular formula is C64H54N2. The minimum Gasteiger partial charge on any atom is -0.310 e. The van der Waals surface area contributed by atoms with E-state index in [1.54, 1.807) is 22.3 Å². The number of rotatable bonds is 5. The van der Waals surface area contributed by atoms with Crippen LogP contribution in [-0.4, -0.2) is 4.57 Å². The van der Waals surface area contributed by atoms with Gasteiger partial charge in [0.25, 0.3) is 0 Å². The molecule has 66 heavy (non-hydrogen) atoms. The van der Waals surface area contributed by atoms with Gasteiger partial charge < -0.3 is 9.47 Å². The molecular weight excluding hydrogens is 797 g/mol. The van der Waals surface area contributed by atoms with Crippen molar-refractivity contribution < 1.29 is 0 Å². The van der Waals surface area contributed by atoms with Gasteiger partial charge in [-0.1, -0.05) is 141 Å². The fourth-order valence-corrected chi connectivity index (χ4v) is 15.8. The molecule has 16 rings (SSSR count). The van der Waals surface area contributed by atoms with Gasteiger partial charge in [-0.3, -0.25) is 0 Å². The number of nitrogens with zero attached hydrogens (tertiary/aromatic N) is 2. The summed E-state index contributed by atoms with van der Waals surface area (Å²) >= 11 is 0. The summed E-state index contributed by atoms with van der Waals surface area (Å²) in [5.41, 5.74) is 22.2. The van der Waals surface area contributed by atoms with Crippen molar-refractivity contribution in [1.82, 2.24) is 4.57 Å². The molecule has 7 aliphatic rings. The molecule has 5 saturated carbocycles. The predicted molar refractivity (Wildman–Crippen MR) is 273 cm³/mol. The highest BCUT2D eigenvalue weighted by atomic mass is 15.1. The third-order valence-electron chi connectivity index (χ3n) is 18.2. The quantitative estimate of drug-likeness (QED) is 0.167. The van der Waals surface area contributed by atoms with Crippen molar-refractivity contribution in [2.45, 2.75) is 75.0 Å². The normalized spacial score (nSPS) is 23.6. The van der Waals surface area contributed by atoms with E-state index in [0.29, 0.717) is 0 Å². The van der Waals surface area contributed by atoms with Gasteiger partial charge in [-0.2, -0.15) is 0 Å². The van der Waals surface area contributed by atoms with Crippen LogP contribution in [0.3, 0.4) is 0 Å². The molecule has 1 heterocycles. The zero-order valence-corrected chi connectivity index (χ0v) is 37.6. The minimum atomic E-state index is 0.107. The Morgan fingerprint density at radius 2 is 0.985 bits per heavy atom. The third kappa shape index (κ3) is 5.08. The standard InChI is InChI=1S/C64H54N2/c1-3-13-47(14-4-1)66-61-20-10-7-17-54(61)55-28-23-44(38-62(55)66)43-21-24-48(25-22-43)65(49-27-30-58-56(39-49)52-16-5-8-18-57(52)63(58)31-11-2-12-32-63)50-26-29-53-51-15-6-9-19-59(51)64(60(53)40-50)45-34-41-33-42(36-45)37-46(64)35-41/h1,3-10,13-30,38-42,45-46H,2,11-12,31-37H2. The second-order valence-electron chi connectivity index (χ2n) is 21.2. The first kappa shape index (κ1) is 37.6. The summed E-state index contributed by atoms with van der Waals surface area (Å²) in [6.45, 7) is 0. The van der Waals surface area contributed by atoms with Crippen LogP contribution in [0.1, 0.15) is 86.5 Å². The Bertz CT molecular complexity index is 3390. The number of fused-ring (bicyclic) bond motifs is 11. The summed E-state index contributed by atoms with van der Waals surface area (Å²) in [7, 11) is 0. The second-order valence-corrected chi connectivity index (χ2v) is 21.2. The lowest BCUT2D eigenvalue weighted by Gasteiger charge is -2.61. The maximum absolute atomic E-state index is 2.67. The molecule has 8 aromatic carbocycles. The summed E-state index contributed by atoms with van der Waals surface area (Å²) in [6.07, 6.45) is 13.5. The Morgan fingerprint density at radius 3 is 1.77 bits per heavy atom. The van der Waals surface area contributed by atoms with Crippen molar-refractivity contribution in [3.8, 4) is 39.1 Å². The summed E-state index contributed by atoms with van der Waals surface area (Å²) in [5.74, 6) is 3.27. The molecule has 5 fully saturated rings. The smallest absolute Gasteiger partial charge is 0.0547 e. The van der Waals surface area contributed by atoms with Crippen molar-refractivity contribution in [3.05, 3.63) is 204 Å². The van der Waals surface area contributed by atoms with Crippen LogP contribution in [0.25, 0.3) is 60.9 Å². The van der Waals surface area contributed by atoms with Crippen LogP contribution >= 0.6 is 0 Å². The molecule has 0 saturated heterocycles. The van der Waals surface area contributed by atoms with Crippen LogP contribution in [0.15, 0.2) is 182 Å². The zero-order valence-electron chi connectivity index (χ0n) is 37.6. The molecule has 7 aliphatic carbocycles. The number of anilines is 3. The molecule has 0 N–H and O–H groups in total. The Labute approximate surface area is 388 Å². The Morgan fingerprint density at radius 1 is 0.394 bits per heavy atom. The van der Waals surface area contributed by atoms with E-state index < -0.39 is 0 Å². The summed E-state index contributed by atoms with van der Waals surface area (Å²) in [6, 6.07) is 70.3. The first-order valence-electron chi connectivity index (χ1n) is 25.1. The van der Waals surface area contributed by atoms with E-state index in [1.807, 2.05) is 0 Å². The lowest BCUT2D eigenvalue weighted by atomic mass is 9.43. The molecule has 2 spiro atoms. The maximum atomic E-state index is 2.67. The average Bonchev–Trinajstić information content (AvgIpc) is 3.95. The average molecular weight is 851 g/mol. The first-order chi connectivity index (χ1) is 32.7. The van der Waals surface area contributed by atoms with Crippen LogP contribution in [0.5, 0.6) is 0 Å². The van der Waals surface area contributed by atoms with Crippen molar-refractivity contribution in [2.75, 3.05) is 4.90 Å². The van der Waals surface area contributed by atoms with E-state index in [9.17, 15) is 0 Å². The van der Waals surface area contributed by atoms with E-state index in [-0.39, 0.29) is 10.8 Å². The number of benzene rings is 8. The second kappa shape index (κ2) is 13.9. The van der Waals surface area contributed by atoms with E-state index in [1.165, 1.54) is 142 Å². The fraction of sp³-hybridized carbons (Fsp3) is 0.250. The van der Waals surface area contributed by atoms with Gasteiger partial charge in [-0.05, 0) is 185 Å². The topological polar surface area (TPSA) is 8.17 Å². The molecule has 2 heteroatoms. The minimum absolute atomic E-state index is 0.107. The molecule has 320 valence electrons. The highest BCUT2D eigenvalue weighted by Gasteiger charge is 2.61. The van der Waals surface area contributed by atoms with Gasteiger partial charge in [0.2, 0.25) is 0 Å². The van der Waals surface area contributed by atoms with Gasteiger partial charge in [0, 0.05) is 44.4 Å². The number of hydrogen-bond acceptors (Lipinski definition) is 1. The SMILES string of the molecule is c1ccc(-n2c3ccccc3c3ccc(-c4ccc(N(c5ccc6c(c5)-c5ccccc5C65CCCCC5)c5ccc6c(c5)C5(c7ccccc7-6)C6CC7CC(C6)CC5C7)cc4)cc32)cc1. The predicted octanol–water partition coefficient (Wildman–Crippen LogP) is 16.9. The molecule has 9 aromatic rings. The molecule has 2 nitrogen and oxygen atoms in total. The number of hydrogen-bond donors (Lipinski definition) is 0. The zero-order chi connectivity index (χ0) is 43.1. The molecule has 1 aromatic heterocycles. The Balaban J connectivity index is 0.899. The monoisotopic (exact) mass is 850 g/mol. The number of para-hydroxylation sites is 2. The molecule has 0 amide bonds. The van der Waals surface area contributed by atoms with Gasteiger partial charge in [0.15, 0.2) is 0 Å². The highest BCUT2D eigenvalue weighted by Crippen LogP contribution is 2.70. The first-order valence-corrected chi connectivity index (χ1v) is 25.1. The van der Waals surface area contributed by atoms with Crippen LogP contribution in [0.2, 0.25) is 0 Å². The van der Waals surface area contributed by atoms with E-state index in [2.05, 4.69) is 191 Å². The van der Waals surface area contributed by atoms with Crippen LogP contribution in [0.4, 0.5) is 17.1 Å². The van der Waals surface area contributed by atoms with E-state index in [4.69, 9.17) is 0 Å². The molecule has 4 bridgehead atoms. The van der Waals surface area contributed by atoms with Crippen LogP contribution in [0, 0.1) is 23.7 Å². The fourth-order valence-electron chi connectivity index (χ4n) is 15.8. The van der Waals surface area contributed by atoms with E-state index >= 15 is 0 Å². The highest BCUT2D eigenvalue weighted by molar-refractivity contribution is 6.10. The Kier molecular flexibility index (Phi) is 7.94. The largest absolute Gasteiger partial charge is 0.310 e. The van der Waals surface area contributed by atoms with Crippen LogP contribution < -0.4 is 4.90 Å². The molecule has 0 radical (unpaired) electrons. The maximum Gasteiger partial charge on any atom is 0.0547 e. The van der Waals surface area contributed by atoms with Gasteiger partial charge in [0.1, 0.15) is 0 Å². The molecule has 0 unspecified atom stereocenters. The van der Waals surface area contributed by atoms with Crippen molar-refractivity contribution >= 4 is 38.9 Å². The van der Waals surface area contributed by atoms with Gasteiger partial charge in [-0.25, -0.2) is 0 Å². The van der Waals surface area contributed by atoms with Gasteiger partial charge in [-0.15, -0.1) is 0 Å². The van der Waals surface area contributed by atoms with E-state index in [0.717, 1.165) is 23.7 Å². The number of aromatic nitrogens is 1. The molecule has 0 atom stereocenters. The summed E-state index contributed by atoms with van der Waals surface area (Å²) in [4.78, 5) is 2.60. The summed E-state index contributed by atoms with van der Waals surface area (Å²) in [5, 5.41) is 2.57.